The summed E-state index contributed by atoms with van der Waals surface area (Å²) in [7, 11) is 0. The van der Waals surface area contributed by atoms with E-state index >= 15 is 0 Å². The third kappa shape index (κ3) is 32.2. The van der Waals surface area contributed by atoms with Gasteiger partial charge in [-0.15, -0.1) is 0 Å². The average molecular weight is 707 g/mol. The largest absolute Gasteiger partial charge is 0.491 e. The van der Waals surface area contributed by atoms with Crippen LogP contribution < -0.4 is 4.74 Å². The number of carboxylic acid groups (broad SMARTS) is 1. The fraction of sp³-hybridized carbons (Fsp3) is 0.727. The number of carbonyl (C=O) groups excluding carboxylic acids is 2. The van der Waals surface area contributed by atoms with Crippen molar-refractivity contribution in [3.05, 3.63) is 30.3 Å². The Balaban J connectivity index is 1.64. The lowest BCUT2D eigenvalue weighted by Gasteiger charge is -2.09. The Hall–Kier alpha value is -2.77. The molecular formula is C33H54O16. The molecule has 0 heterocycles. The molecule has 0 aliphatic carbocycles. The molecule has 0 saturated heterocycles. The maximum atomic E-state index is 11.4. The van der Waals surface area contributed by atoms with Crippen molar-refractivity contribution >= 4 is 17.7 Å². The topological polar surface area (TPSA) is 182 Å². The van der Waals surface area contributed by atoms with Gasteiger partial charge in [0.2, 0.25) is 5.78 Å². The summed E-state index contributed by atoms with van der Waals surface area (Å²) >= 11 is 0. The molecule has 0 bridgehead atoms. The van der Waals surface area contributed by atoms with Crippen LogP contribution in [0.4, 0.5) is 0 Å². The second-order valence-corrected chi connectivity index (χ2v) is 9.73. The molecule has 0 radical (unpaired) electrons. The van der Waals surface area contributed by atoms with Gasteiger partial charge in [0.05, 0.1) is 139 Å². The summed E-state index contributed by atoms with van der Waals surface area (Å²) in [6.45, 7) is 9.39. The summed E-state index contributed by atoms with van der Waals surface area (Å²) in [5.74, 6) is -2.41. The van der Waals surface area contributed by atoms with Crippen LogP contribution in [0.3, 0.4) is 0 Å². The quantitative estimate of drug-likeness (QED) is 0.0588. The molecule has 282 valence electrons. The number of hydrogen-bond donors (Lipinski definition) is 1. The number of Topliss-reactive ketones (excluding diaryl/α,β-unsaturated/α-hetero) is 1. The van der Waals surface area contributed by atoms with Crippen molar-refractivity contribution in [2.24, 2.45) is 0 Å². The lowest BCUT2D eigenvalue weighted by Crippen LogP contribution is -2.17. The molecule has 0 saturated carbocycles. The number of ether oxygens (including phenoxy) is 12. The summed E-state index contributed by atoms with van der Waals surface area (Å²) in [6.07, 6.45) is -0.661. The van der Waals surface area contributed by atoms with Gasteiger partial charge in [0, 0.05) is 6.42 Å². The van der Waals surface area contributed by atoms with Crippen LogP contribution in [0.25, 0.3) is 0 Å². The molecular weight excluding hydrogens is 652 g/mol. The van der Waals surface area contributed by atoms with Crippen molar-refractivity contribution < 1.29 is 76.3 Å². The first kappa shape index (κ1) is 44.3. The normalized spacial score (nSPS) is 11.1. The molecule has 0 aliphatic heterocycles. The van der Waals surface area contributed by atoms with Crippen molar-refractivity contribution in [1.82, 2.24) is 0 Å². The average Bonchev–Trinajstić information content (AvgIpc) is 3.11. The predicted molar refractivity (Wildman–Crippen MR) is 173 cm³/mol. The van der Waals surface area contributed by atoms with Crippen LogP contribution >= 0.6 is 0 Å². The van der Waals surface area contributed by atoms with Gasteiger partial charge in [-0.1, -0.05) is 18.2 Å². The molecule has 0 spiro atoms. The number of aliphatic carboxylic acids is 1. The number of hydrogen-bond acceptors (Lipinski definition) is 15. The van der Waals surface area contributed by atoms with Crippen molar-refractivity contribution in [3.8, 4) is 5.75 Å². The molecule has 1 rings (SSSR count). The van der Waals surface area contributed by atoms with Crippen molar-refractivity contribution in [2.45, 2.75) is 12.8 Å². The maximum absolute atomic E-state index is 11.4. The Labute approximate surface area is 288 Å². The summed E-state index contributed by atoms with van der Waals surface area (Å²) < 4.78 is 64.6. The second-order valence-electron chi connectivity index (χ2n) is 9.73. The zero-order valence-corrected chi connectivity index (χ0v) is 28.4. The zero-order valence-electron chi connectivity index (χ0n) is 28.4. The molecule has 1 aromatic carbocycles. The van der Waals surface area contributed by atoms with E-state index in [0.717, 1.165) is 5.75 Å². The smallest absolute Gasteiger partial charge is 0.372 e. The molecule has 1 aromatic rings. The summed E-state index contributed by atoms with van der Waals surface area (Å²) in [4.78, 5) is 32.6. The van der Waals surface area contributed by atoms with E-state index in [1.807, 2.05) is 30.3 Å². The number of para-hydroxylation sites is 1. The first-order chi connectivity index (χ1) is 24.1. The Morgan fingerprint density at radius 1 is 0.408 bits per heavy atom. The third-order valence-electron chi connectivity index (χ3n) is 5.87. The zero-order chi connectivity index (χ0) is 35.3. The van der Waals surface area contributed by atoms with E-state index in [1.54, 1.807) is 0 Å². The van der Waals surface area contributed by atoms with Gasteiger partial charge in [-0.05, 0) is 12.1 Å². The number of rotatable bonds is 38. The predicted octanol–water partition coefficient (Wildman–Crippen LogP) is 1.21. The molecule has 0 fully saturated rings. The van der Waals surface area contributed by atoms with E-state index < -0.39 is 17.7 Å². The Morgan fingerprint density at radius 2 is 0.714 bits per heavy atom. The Bertz CT molecular complexity index is 904. The van der Waals surface area contributed by atoms with Crippen LogP contribution in [-0.4, -0.2) is 168 Å². The molecule has 0 aliphatic rings. The highest BCUT2D eigenvalue weighted by atomic mass is 16.6. The summed E-state index contributed by atoms with van der Waals surface area (Å²) in [6, 6.07) is 9.62. The summed E-state index contributed by atoms with van der Waals surface area (Å²) in [5, 5.41) is 8.44. The van der Waals surface area contributed by atoms with Gasteiger partial charge in [-0.25, -0.2) is 4.79 Å². The van der Waals surface area contributed by atoms with Gasteiger partial charge in [-0.2, -0.15) is 0 Å². The van der Waals surface area contributed by atoms with E-state index in [9.17, 15) is 14.4 Å². The molecule has 0 atom stereocenters. The minimum atomic E-state index is -1.56. The first-order valence-electron chi connectivity index (χ1n) is 16.5. The fourth-order valence-electron chi connectivity index (χ4n) is 3.43. The van der Waals surface area contributed by atoms with Gasteiger partial charge in [0.25, 0.3) is 0 Å². The highest BCUT2D eigenvalue weighted by Gasteiger charge is 2.14. The Kier molecular flexibility index (Phi) is 31.7. The molecule has 0 amide bonds. The summed E-state index contributed by atoms with van der Waals surface area (Å²) in [5.41, 5.74) is 0. The number of benzene rings is 1. The van der Waals surface area contributed by atoms with Crippen LogP contribution in [0.1, 0.15) is 12.8 Å². The van der Waals surface area contributed by atoms with Gasteiger partial charge < -0.3 is 61.9 Å². The first-order valence-corrected chi connectivity index (χ1v) is 16.5. The van der Waals surface area contributed by atoms with Crippen LogP contribution in [0.2, 0.25) is 0 Å². The van der Waals surface area contributed by atoms with Crippen molar-refractivity contribution in [1.29, 1.82) is 0 Å². The van der Waals surface area contributed by atoms with E-state index in [0.29, 0.717) is 132 Å². The molecule has 0 unspecified atom stereocenters. The monoisotopic (exact) mass is 706 g/mol. The maximum Gasteiger partial charge on any atom is 0.372 e. The highest BCUT2D eigenvalue weighted by Crippen LogP contribution is 2.07. The number of ketones is 1. The molecule has 49 heavy (non-hydrogen) atoms. The van der Waals surface area contributed by atoms with Crippen molar-refractivity contribution in [3.63, 3.8) is 0 Å². The van der Waals surface area contributed by atoms with Crippen LogP contribution in [0.15, 0.2) is 30.3 Å². The van der Waals surface area contributed by atoms with E-state index in [1.165, 1.54) is 0 Å². The van der Waals surface area contributed by atoms with Crippen molar-refractivity contribution in [2.75, 3.05) is 145 Å². The lowest BCUT2D eigenvalue weighted by molar-refractivity contribution is -0.151. The Morgan fingerprint density at radius 3 is 1.04 bits per heavy atom. The second kappa shape index (κ2) is 35.1. The number of esters is 1. The third-order valence-corrected chi connectivity index (χ3v) is 5.87. The SMILES string of the molecule is O=C(CCC(=O)C(=O)O)OCCOCCOCCOCCOCCOCCOCCOCCOCCOCCOCCOc1ccccc1. The minimum Gasteiger partial charge on any atom is -0.491 e. The highest BCUT2D eigenvalue weighted by molar-refractivity contribution is 6.32. The lowest BCUT2D eigenvalue weighted by atomic mass is 10.2. The van der Waals surface area contributed by atoms with Gasteiger partial charge in [0.15, 0.2) is 0 Å². The molecule has 16 nitrogen and oxygen atoms in total. The number of carboxylic acids is 1. The van der Waals surface area contributed by atoms with Gasteiger partial charge >= 0.3 is 11.9 Å². The van der Waals surface area contributed by atoms with Gasteiger partial charge in [-0.3, -0.25) is 9.59 Å². The van der Waals surface area contributed by atoms with Crippen LogP contribution in [0, 0.1) is 0 Å². The number of carbonyl (C=O) groups is 3. The van der Waals surface area contributed by atoms with E-state index in [-0.39, 0.29) is 26.1 Å². The minimum absolute atomic E-state index is 0.0129. The van der Waals surface area contributed by atoms with Gasteiger partial charge in [0.1, 0.15) is 19.0 Å². The van der Waals surface area contributed by atoms with Crippen LogP contribution in [-0.2, 0) is 66.5 Å². The van der Waals surface area contributed by atoms with E-state index in [4.69, 9.17) is 61.9 Å². The molecule has 1 N–H and O–H groups in total. The fourth-order valence-corrected chi connectivity index (χ4v) is 3.43. The van der Waals surface area contributed by atoms with E-state index in [2.05, 4.69) is 0 Å². The molecule has 16 heteroatoms. The molecule has 0 aromatic heterocycles. The van der Waals surface area contributed by atoms with Crippen LogP contribution in [0.5, 0.6) is 5.75 Å². The standard InChI is InChI=1S/C33H54O16/c34-31(33(36)37)6-7-32(35)49-29-27-47-25-23-45-21-19-43-17-15-41-13-11-39-9-8-38-10-12-40-14-16-42-18-20-44-22-24-46-26-28-48-30-4-2-1-3-5-30/h1-5H,6-29H2,(H,36,37).